The average molecular weight is 295 g/mol. The Labute approximate surface area is 129 Å². The van der Waals surface area contributed by atoms with E-state index in [1.165, 1.54) is 6.07 Å². The third kappa shape index (κ3) is 1.92. The van der Waals surface area contributed by atoms with E-state index in [-0.39, 0.29) is 17.8 Å². The zero-order chi connectivity index (χ0) is 15.1. The first-order valence-electron chi connectivity index (χ1n) is 7.64. The molecule has 0 amide bonds. The van der Waals surface area contributed by atoms with Crippen molar-refractivity contribution < 1.29 is 9.13 Å². The molecule has 3 atom stereocenters. The standard InChI is InChI=1S/C19H18FNO/c1-22-17-11-3-2-6-15(17)18-13-8-4-7-12(13)14-9-5-10-16(20)19(14)21-18/h2-7,9-13,18,21H,8H2,1H3/t12-,13-,18+/m0/s1. The molecule has 0 fully saturated rings. The Morgan fingerprint density at radius 2 is 1.91 bits per heavy atom. The van der Waals surface area contributed by atoms with Crippen molar-refractivity contribution >= 4 is 5.69 Å². The summed E-state index contributed by atoms with van der Waals surface area (Å²) in [6.45, 7) is 0. The second-order valence-corrected chi connectivity index (χ2v) is 5.92. The van der Waals surface area contributed by atoms with Crippen molar-refractivity contribution in [3.8, 4) is 5.75 Å². The van der Waals surface area contributed by atoms with Gasteiger partial charge in [-0.25, -0.2) is 4.39 Å². The Morgan fingerprint density at radius 3 is 2.77 bits per heavy atom. The Hall–Kier alpha value is -2.29. The molecule has 0 bridgehead atoms. The number of rotatable bonds is 2. The van der Waals surface area contributed by atoms with Crippen molar-refractivity contribution in [2.75, 3.05) is 12.4 Å². The van der Waals surface area contributed by atoms with Crippen LogP contribution in [0.1, 0.15) is 29.5 Å². The van der Waals surface area contributed by atoms with Crippen molar-refractivity contribution in [1.82, 2.24) is 0 Å². The summed E-state index contributed by atoms with van der Waals surface area (Å²) >= 11 is 0. The maximum atomic E-state index is 14.3. The first-order valence-corrected chi connectivity index (χ1v) is 7.64. The van der Waals surface area contributed by atoms with Gasteiger partial charge in [0.2, 0.25) is 0 Å². The summed E-state index contributed by atoms with van der Waals surface area (Å²) in [6.07, 6.45) is 5.42. The fourth-order valence-corrected chi connectivity index (χ4v) is 3.81. The number of hydrogen-bond donors (Lipinski definition) is 1. The molecule has 1 N–H and O–H groups in total. The number of allylic oxidation sites excluding steroid dienone is 2. The molecule has 0 spiro atoms. The minimum atomic E-state index is -0.184. The SMILES string of the molecule is COc1ccccc1[C@@H]1Nc2c(F)cccc2[C@H]2C=CC[C@@H]21. The van der Waals surface area contributed by atoms with Gasteiger partial charge in [0.25, 0.3) is 0 Å². The lowest BCUT2D eigenvalue weighted by Crippen LogP contribution is -2.30. The molecule has 2 aromatic carbocycles. The van der Waals surface area contributed by atoms with E-state index < -0.39 is 0 Å². The number of anilines is 1. The lowest BCUT2D eigenvalue weighted by atomic mass is 9.77. The number of halogens is 1. The summed E-state index contributed by atoms with van der Waals surface area (Å²) in [5.74, 6) is 1.33. The molecule has 2 nitrogen and oxygen atoms in total. The van der Waals surface area contributed by atoms with Gasteiger partial charge in [0.15, 0.2) is 0 Å². The highest BCUT2D eigenvalue weighted by atomic mass is 19.1. The number of benzene rings is 2. The molecule has 0 saturated heterocycles. The number of fused-ring (bicyclic) bond motifs is 3. The van der Waals surface area contributed by atoms with Crippen LogP contribution in [0.15, 0.2) is 54.6 Å². The Morgan fingerprint density at radius 1 is 1.09 bits per heavy atom. The first kappa shape index (κ1) is 13.4. The van der Waals surface area contributed by atoms with E-state index in [0.29, 0.717) is 11.6 Å². The van der Waals surface area contributed by atoms with E-state index in [9.17, 15) is 4.39 Å². The largest absolute Gasteiger partial charge is 0.496 e. The van der Waals surface area contributed by atoms with Crippen LogP contribution in [-0.4, -0.2) is 7.11 Å². The zero-order valence-electron chi connectivity index (χ0n) is 12.4. The van der Waals surface area contributed by atoms with E-state index in [2.05, 4.69) is 23.5 Å². The first-order chi connectivity index (χ1) is 10.8. The summed E-state index contributed by atoms with van der Waals surface area (Å²) in [5.41, 5.74) is 2.79. The molecular formula is C19H18FNO. The second kappa shape index (κ2) is 5.16. The van der Waals surface area contributed by atoms with Crippen LogP contribution in [0.4, 0.5) is 10.1 Å². The quantitative estimate of drug-likeness (QED) is 0.814. The summed E-state index contributed by atoms with van der Waals surface area (Å²) in [4.78, 5) is 0. The van der Waals surface area contributed by atoms with E-state index in [1.54, 1.807) is 13.2 Å². The lowest BCUT2D eigenvalue weighted by Gasteiger charge is -2.38. The van der Waals surface area contributed by atoms with Gasteiger partial charge in [-0.2, -0.15) is 0 Å². The minimum absolute atomic E-state index is 0.0561. The van der Waals surface area contributed by atoms with Gasteiger partial charge in [-0.15, -0.1) is 0 Å². The highest BCUT2D eigenvalue weighted by Crippen LogP contribution is 2.51. The summed E-state index contributed by atoms with van der Waals surface area (Å²) in [7, 11) is 1.68. The van der Waals surface area contributed by atoms with Crippen molar-refractivity contribution in [3.63, 3.8) is 0 Å². The third-order valence-corrected chi connectivity index (χ3v) is 4.82. The molecular weight excluding hydrogens is 277 g/mol. The van der Waals surface area contributed by atoms with Crippen molar-refractivity contribution in [2.24, 2.45) is 5.92 Å². The molecule has 4 rings (SSSR count). The highest BCUT2D eigenvalue weighted by molar-refractivity contribution is 5.61. The normalized spacial score (nSPS) is 25.3. The number of hydrogen-bond acceptors (Lipinski definition) is 2. The van der Waals surface area contributed by atoms with Crippen LogP contribution in [0.25, 0.3) is 0 Å². The molecule has 1 heterocycles. The fraction of sp³-hybridized carbons (Fsp3) is 0.263. The number of para-hydroxylation sites is 2. The van der Waals surface area contributed by atoms with Crippen LogP contribution in [0, 0.1) is 11.7 Å². The fourth-order valence-electron chi connectivity index (χ4n) is 3.81. The van der Waals surface area contributed by atoms with Gasteiger partial charge in [-0.05, 0) is 30.0 Å². The maximum absolute atomic E-state index is 14.3. The Kier molecular flexibility index (Phi) is 3.14. The van der Waals surface area contributed by atoms with Gasteiger partial charge in [-0.3, -0.25) is 0 Å². The molecule has 0 unspecified atom stereocenters. The molecule has 0 aromatic heterocycles. The third-order valence-electron chi connectivity index (χ3n) is 4.82. The molecule has 0 radical (unpaired) electrons. The maximum Gasteiger partial charge on any atom is 0.146 e. The lowest BCUT2D eigenvalue weighted by molar-refractivity contribution is 0.379. The van der Waals surface area contributed by atoms with Gasteiger partial charge >= 0.3 is 0 Å². The molecule has 3 heteroatoms. The van der Waals surface area contributed by atoms with Crippen LogP contribution in [0.2, 0.25) is 0 Å². The van der Waals surface area contributed by atoms with Gasteiger partial charge in [0.1, 0.15) is 11.6 Å². The van der Waals surface area contributed by atoms with Gasteiger partial charge < -0.3 is 10.1 Å². The summed E-state index contributed by atoms with van der Waals surface area (Å²) in [5, 5.41) is 3.43. The van der Waals surface area contributed by atoms with E-state index in [1.807, 2.05) is 24.3 Å². The monoisotopic (exact) mass is 295 g/mol. The molecule has 2 aliphatic rings. The predicted molar refractivity (Wildman–Crippen MR) is 85.7 cm³/mol. The van der Waals surface area contributed by atoms with E-state index in [0.717, 1.165) is 23.3 Å². The predicted octanol–water partition coefficient (Wildman–Crippen LogP) is 4.66. The average Bonchev–Trinajstić information content (AvgIpc) is 3.04. The molecule has 1 aliphatic carbocycles. The highest BCUT2D eigenvalue weighted by Gasteiger charge is 2.39. The van der Waals surface area contributed by atoms with E-state index in [4.69, 9.17) is 4.74 Å². The van der Waals surface area contributed by atoms with Crippen LogP contribution in [0.5, 0.6) is 5.75 Å². The van der Waals surface area contributed by atoms with Crippen LogP contribution >= 0.6 is 0 Å². The van der Waals surface area contributed by atoms with Gasteiger partial charge in [0.05, 0.1) is 18.8 Å². The van der Waals surface area contributed by atoms with Crippen LogP contribution in [0.3, 0.4) is 0 Å². The van der Waals surface area contributed by atoms with Crippen molar-refractivity contribution in [3.05, 3.63) is 71.6 Å². The molecule has 2 aromatic rings. The van der Waals surface area contributed by atoms with Crippen LogP contribution in [-0.2, 0) is 0 Å². The molecule has 22 heavy (non-hydrogen) atoms. The topological polar surface area (TPSA) is 21.3 Å². The van der Waals surface area contributed by atoms with Crippen molar-refractivity contribution in [1.29, 1.82) is 0 Å². The second-order valence-electron chi connectivity index (χ2n) is 5.92. The zero-order valence-corrected chi connectivity index (χ0v) is 12.4. The summed E-state index contributed by atoms with van der Waals surface area (Å²) in [6, 6.07) is 13.4. The minimum Gasteiger partial charge on any atom is -0.496 e. The molecule has 1 aliphatic heterocycles. The van der Waals surface area contributed by atoms with Crippen LogP contribution < -0.4 is 10.1 Å². The molecule has 112 valence electrons. The van der Waals surface area contributed by atoms with Gasteiger partial charge in [0, 0.05) is 11.5 Å². The number of nitrogens with one attached hydrogen (secondary N) is 1. The smallest absolute Gasteiger partial charge is 0.146 e. The number of ether oxygens (including phenoxy) is 1. The summed E-state index contributed by atoms with van der Waals surface area (Å²) < 4.78 is 19.8. The Balaban J connectivity index is 1.84. The van der Waals surface area contributed by atoms with Crippen molar-refractivity contribution in [2.45, 2.75) is 18.4 Å². The Bertz CT molecular complexity index is 740. The number of methoxy groups -OCH3 is 1. The van der Waals surface area contributed by atoms with Gasteiger partial charge in [-0.1, -0.05) is 42.5 Å². The van der Waals surface area contributed by atoms with E-state index >= 15 is 0 Å². The molecule has 0 saturated carbocycles.